The van der Waals surface area contributed by atoms with Gasteiger partial charge < -0.3 is 25.2 Å². The number of hydrogen-bond donors (Lipinski definition) is 4. The second-order valence-corrected chi connectivity index (χ2v) is 4.77. The number of benzene rings is 2. The summed E-state index contributed by atoms with van der Waals surface area (Å²) in [7, 11) is 0. The van der Waals surface area contributed by atoms with Crippen LogP contribution in [0.5, 0.6) is 23.0 Å². The van der Waals surface area contributed by atoms with Crippen molar-refractivity contribution >= 4 is 5.78 Å². The summed E-state index contributed by atoms with van der Waals surface area (Å²) in [6.45, 7) is 0. The molecule has 1 aliphatic heterocycles. The summed E-state index contributed by atoms with van der Waals surface area (Å²) in [6.07, 6.45) is -2.50. The zero-order valence-corrected chi connectivity index (χ0v) is 10.7. The number of aliphatic hydroxyl groups is 1. The van der Waals surface area contributed by atoms with Crippen LogP contribution >= 0.6 is 0 Å². The van der Waals surface area contributed by atoms with Crippen LogP contribution in [0.3, 0.4) is 0 Å². The van der Waals surface area contributed by atoms with Gasteiger partial charge in [-0.1, -0.05) is 6.07 Å². The molecule has 1 aliphatic rings. The molecule has 0 saturated carbocycles. The predicted octanol–water partition coefficient (Wildman–Crippen LogP) is 1.54. The fourth-order valence-electron chi connectivity index (χ4n) is 2.27. The first-order valence-electron chi connectivity index (χ1n) is 6.20. The first-order chi connectivity index (χ1) is 9.97. The molecule has 0 amide bonds. The number of fused-ring (bicyclic) bond motifs is 1. The number of ether oxygens (including phenoxy) is 1. The molecular formula is C15H12O6. The van der Waals surface area contributed by atoms with Gasteiger partial charge in [-0.25, -0.2) is 0 Å². The summed E-state index contributed by atoms with van der Waals surface area (Å²) < 4.78 is 5.51. The summed E-state index contributed by atoms with van der Waals surface area (Å²) in [6, 6.07) is 7.91. The molecule has 0 fully saturated rings. The van der Waals surface area contributed by atoms with Gasteiger partial charge in [-0.15, -0.1) is 0 Å². The van der Waals surface area contributed by atoms with Gasteiger partial charge >= 0.3 is 0 Å². The standard InChI is InChI=1S/C15H12O6/c16-8-2-3-9-12(6-8)21-15(14(20)13(9)19)7-1-4-10(17)11(18)5-7/h1-6,13,15-19H/t13?,15-/m1/s1. The van der Waals surface area contributed by atoms with Crippen molar-refractivity contribution in [3.8, 4) is 23.0 Å². The number of carbonyl (C=O) groups excluding carboxylic acids is 1. The van der Waals surface area contributed by atoms with Gasteiger partial charge in [0.15, 0.2) is 17.6 Å². The van der Waals surface area contributed by atoms with E-state index in [9.17, 15) is 25.2 Å². The molecule has 0 radical (unpaired) electrons. The molecular weight excluding hydrogens is 276 g/mol. The Kier molecular flexibility index (Phi) is 2.95. The van der Waals surface area contributed by atoms with Crippen LogP contribution in [0.15, 0.2) is 36.4 Å². The Labute approximate surface area is 119 Å². The molecule has 4 N–H and O–H groups in total. The van der Waals surface area contributed by atoms with E-state index >= 15 is 0 Å². The molecule has 0 bridgehead atoms. The highest BCUT2D eigenvalue weighted by Gasteiger charge is 2.37. The van der Waals surface area contributed by atoms with Gasteiger partial charge in [0.1, 0.15) is 17.6 Å². The lowest BCUT2D eigenvalue weighted by Crippen LogP contribution is -2.29. The van der Waals surface area contributed by atoms with Crippen molar-refractivity contribution in [3.63, 3.8) is 0 Å². The van der Waals surface area contributed by atoms with E-state index in [-0.39, 0.29) is 28.6 Å². The molecule has 0 aliphatic carbocycles. The van der Waals surface area contributed by atoms with E-state index in [1.807, 2.05) is 0 Å². The van der Waals surface area contributed by atoms with E-state index in [1.54, 1.807) is 0 Å². The summed E-state index contributed by atoms with van der Waals surface area (Å²) >= 11 is 0. The monoisotopic (exact) mass is 288 g/mol. The van der Waals surface area contributed by atoms with Crippen molar-refractivity contribution in [2.45, 2.75) is 12.2 Å². The zero-order valence-electron chi connectivity index (χ0n) is 10.7. The number of Topliss-reactive ketones (excluding diaryl/α,β-unsaturated/α-hetero) is 1. The minimum absolute atomic E-state index is 0.0531. The van der Waals surface area contributed by atoms with E-state index in [0.717, 1.165) is 0 Å². The topological polar surface area (TPSA) is 107 Å². The molecule has 1 unspecified atom stereocenters. The Bertz CT molecular complexity index is 724. The van der Waals surface area contributed by atoms with E-state index in [0.29, 0.717) is 5.56 Å². The van der Waals surface area contributed by atoms with Crippen molar-refractivity contribution in [3.05, 3.63) is 47.5 Å². The number of ketones is 1. The maximum Gasteiger partial charge on any atom is 0.210 e. The van der Waals surface area contributed by atoms with Crippen LogP contribution in [0.25, 0.3) is 0 Å². The van der Waals surface area contributed by atoms with Gasteiger partial charge in [-0.3, -0.25) is 4.79 Å². The molecule has 0 spiro atoms. The quantitative estimate of drug-likeness (QED) is 0.593. The van der Waals surface area contributed by atoms with Gasteiger partial charge in [0.2, 0.25) is 5.78 Å². The molecule has 6 heteroatoms. The number of rotatable bonds is 1. The lowest BCUT2D eigenvalue weighted by molar-refractivity contribution is -0.137. The van der Waals surface area contributed by atoms with Crippen LogP contribution in [-0.2, 0) is 4.79 Å². The van der Waals surface area contributed by atoms with Gasteiger partial charge in [-0.05, 0) is 24.3 Å². The molecule has 2 aromatic carbocycles. The average molecular weight is 288 g/mol. The summed E-state index contributed by atoms with van der Waals surface area (Å²) in [5.74, 6) is -1.15. The fraction of sp³-hybridized carbons (Fsp3) is 0.133. The maximum absolute atomic E-state index is 12.2. The molecule has 0 aromatic heterocycles. The number of phenolic OH excluding ortho intramolecular Hbond substituents is 3. The Morgan fingerprint density at radius 2 is 1.71 bits per heavy atom. The minimum Gasteiger partial charge on any atom is -0.508 e. The number of phenols is 3. The highest BCUT2D eigenvalue weighted by atomic mass is 16.5. The van der Waals surface area contributed by atoms with E-state index in [2.05, 4.69) is 0 Å². The Morgan fingerprint density at radius 1 is 0.952 bits per heavy atom. The zero-order chi connectivity index (χ0) is 15.1. The minimum atomic E-state index is -1.38. The van der Waals surface area contributed by atoms with Gasteiger partial charge in [0.25, 0.3) is 0 Å². The van der Waals surface area contributed by atoms with Gasteiger partial charge in [0.05, 0.1) is 0 Å². The third-order valence-corrected chi connectivity index (χ3v) is 3.37. The first kappa shape index (κ1) is 13.3. The van der Waals surface area contributed by atoms with Crippen LogP contribution in [-0.4, -0.2) is 26.2 Å². The highest BCUT2D eigenvalue weighted by molar-refractivity contribution is 5.91. The fourth-order valence-corrected chi connectivity index (χ4v) is 2.27. The second kappa shape index (κ2) is 4.68. The van der Waals surface area contributed by atoms with Crippen LogP contribution in [0.2, 0.25) is 0 Å². The molecule has 21 heavy (non-hydrogen) atoms. The molecule has 2 atom stereocenters. The average Bonchev–Trinajstić information content (AvgIpc) is 2.45. The molecule has 1 heterocycles. The molecule has 3 rings (SSSR count). The Morgan fingerprint density at radius 3 is 2.43 bits per heavy atom. The van der Waals surface area contributed by atoms with E-state index < -0.39 is 18.0 Å². The molecule has 6 nitrogen and oxygen atoms in total. The highest BCUT2D eigenvalue weighted by Crippen LogP contribution is 2.41. The van der Waals surface area contributed by atoms with E-state index in [1.165, 1.54) is 36.4 Å². The van der Waals surface area contributed by atoms with Crippen molar-refractivity contribution in [2.75, 3.05) is 0 Å². The second-order valence-electron chi connectivity index (χ2n) is 4.77. The third kappa shape index (κ3) is 2.15. The van der Waals surface area contributed by atoms with Crippen molar-refractivity contribution in [2.24, 2.45) is 0 Å². The summed E-state index contributed by atoms with van der Waals surface area (Å²) in [4.78, 5) is 12.2. The molecule has 0 saturated heterocycles. The maximum atomic E-state index is 12.2. The van der Waals surface area contributed by atoms with Crippen LogP contribution in [0.1, 0.15) is 23.3 Å². The van der Waals surface area contributed by atoms with Crippen molar-refractivity contribution in [1.29, 1.82) is 0 Å². The molecule has 2 aromatic rings. The smallest absolute Gasteiger partial charge is 0.210 e. The van der Waals surface area contributed by atoms with Gasteiger partial charge in [-0.2, -0.15) is 0 Å². The third-order valence-electron chi connectivity index (χ3n) is 3.37. The largest absolute Gasteiger partial charge is 0.508 e. The van der Waals surface area contributed by atoms with Crippen LogP contribution < -0.4 is 4.74 Å². The Hall–Kier alpha value is -2.73. The lowest BCUT2D eigenvalue weighted by atomic mass is 9.93. The van der Waals surface area contributed by atoms with Crippen molar-refractivity contribution in [1.82, 2.24) is 0 Å². The van der Waals surface area contributed by atoms with Crippen LogP contribution in [0.4, 0.5) is 0 Å². The normalized spacial score (nSPS) is 20.7. The summed E-state index contributed by atoms with van der Waals surface area (Å²) in [5.41, 5.74) is 0.570. The number of aliphatic hydroxyl groups excluding tert-OH is 1. The van der Waals surface area contributed by atoms with Gasteiger partial charge in [0, 0.05) is 17.2 Å². The lowest BCUT2D eigenvalue weighted by Gasteiger charge is -2.28. The number of carbonyl (C=O) groups is 1. The number of aromatic hydroxyl groups is 3. The Balaban J connectivity index is 2.05. The summed E-state index contributed by atoms with van der Waals surface area (Å²) in [5, 5.41) is 38.3. The van der Waals surface area contributed by atoms with E-state index in [4.69, 9.17) is 4.74 Å². The number of hydrogen-bond acceptors (Lipinski definition) is 6. The van der Waals surface area contributed by atoms with Crippen LogP contribution in [0, 0.1) is 0 Å². The first-order valence-corrected chi connectivity index (χ1v) is 6.20. The molecule has 108 valence electrons. The van der Waals surface area contributed by atoms with Crippen molar-refractivity contribution < 1.29 is 30.0 Å². The SMILES string of the molecule is O=C1C(O)c2ccc(O)cc2O[C@@H]1c1ccc(O)c(O)c1. The predicted molar refractivity (Wildman–Crippen MR) is 71.2 cm³/mol.